The molecule has 3 nitrogen and oxygen atoms in total. The van der Waals surface area contributed by atoms with Gasteiger partial charge in [-0.1, -0.05) is 19.1 Å². The zero-order chi connectivity index (χ0) is 11.8. The fraction of sp³-hybridized carbons (Fsp3) is 0.462. The van der Waals surface area contributed by atoms with Crippen molar-refractivity contribution in [2.75, 3.05) is 13.7 Å². The van der Waals surface area contributed by atoms with E-state index in [1.807, 2.05) is 31.2 Å². The highest BCUT2D eigenvalue weighted by atomic mass is 16.5. The third kappa shape index (κ3) is 3.92. The van der Waals surface area contributed by atoms with Crippen molar-refractivity contribution in [1.82, 2.24) is 0 Å². The second-order valence-corrected chi connectivity index (χ2v) is 3.53. The first-order chi connectivity index (χ1) is 7.80. The van der Waals surface area contributed by atoms with E-state index in [-0.39, 0.29) is 6.10 Å². The van der Waals surface area contributed by atoms with E-state index in [0.717, 1.165) is 18.8 Å². The van der Waals surface area contributed by atoms with E-state index in [4.69, 9.17) is 14.7 Å². The van der Waals surface area contributed by atoms with Gasteiger partial charge in [0.2, 0.25) is 0 Å². The maximum absolute atomic E-state index is 8.77. The Kier molecular flexibility index (Phi) is 5.38. The maximum atomic E-state index is 8.77. The van der Waals surface area contributed by atoms with Gasteiger partial charge in [0.15, 0.2) is 6.10 Å². The Labute approximate surface area is 96.6 Å². The molecule has 0 N–H and O–H groups in total. The lowest BCUT2D eigenvalue weighted by atomic mass is 10.1. The summed E-state index contributed by atoms with van der Waals surface area (Å²) in [6.45, 7) is 2.65. The molecular weight excluding hydrogens is 202 g/mol. The molecule has 1 unspecified atom stereocenters. The minimum absolute atomic E-state index is 0.357. The van der Waals surface area contributed by atoms with Gasteiger partial charge in [-0.05, 0) is 30.5 Å². The van der Waals surface area contributed by atoms with Gasteiger partial charge in [0.05, 0.1) is 6.61 Å². The molecular formula is C13H17NO2. The lowest BCUT2D eigenvalue weighted by molar-refractivity contribution is 0.202. The fourth-order valence-electron chi connectivity index (χ4n) is 1.32. The molecule has 0 aliphatic heterocycles. The Hall–Kier alpha value is -1.53. The van der Waals surface area contributed by atoms with Gasteiger partial charge in [-0.25, -0.2) is 0 Å². The molecule has 0 aromatic heterocycles. The van der Waals surface area contributed by atoms with Crippen molar-refractivity contribution in [3.05, 3.63) is 29.8 Å². The van der Waals surface area contributed by atoms with Crippen LogP contribution in [0, 0.1) is 11.3 Å². The number of hydrogen-bond donors (Lipinski definition) is 0. The van der Waals surface area contributed by atoms with Gasteiger partial charge in [-0.15, -0.1) is 0 Å². The first-order valence-electron chi connectivity index (χ1n) is 5.44. The van der Waals surface area contributed by atoms with Crippen molar-refractivity contribution in [1.29, 1.82) is 5.26 Å². The predicted molar refractivity (Wildman–Crippen MR) is 62.3 cm³/mol. The third-order valence-corrected chi connectivity index (χ3v) is 2.31. The highest BCUT2D eigenvalue weighted by molar-refractivity contribution is 5.28. The van der Waals surface area contributed by atoms with Crippen molar-refractivity contribution in [3.63, 3.8) is 0 Å². The van der Waals surface area contributed by atoms with Crippen molar-refractivity contribution in [3.8, 4) is 11.8 Å². The summed E-state index contributed by atoms with van der Waals surface area (Å²) in [6.07, 6.45) is 1.23. The smallest absolute Gasteiger partial charge is 0.184 e. The summed E-state index contributed by atoms with van der Waals surface area (Å²) in [5.74, 6) is 0.745. The predicted octanol–water partition coefficient (Wildman–Crippen LogP) is 2.56. The molecule has 0 heterocycles. The number of nitrogens with zero attached hydrogens (tertiary/aromatic N) is 1. The monoisotopic (exact) mass is 219 g/mol. The van der Waals surface area contributed by atoms with E-state index in [1.54, 1.807) is 7.11 Å². The van der Waals surface area contributed by atoms with Crippen LogP contribution >= 0.6 is 0 Å². The van der Waals surface area contributed by atoms with Gasteiger partial charge in [-0.2, -0.15) is 5.26 Å². The molecule has 16 heavy (non-hydrogen) atoms. The van der Waals surface area contributed by atoms with Crippen LogP contribution in [-0.4, -0.2) is 19.8 Å². The highest BCUT2D eigenvalue weighted by Crippen LogP contribution is 2.15. The first-order valence-corrected chi connectivity index (χ1v) is 5.44. The molecule has 86 valence electrons. The minimum atomic E-state index is -0.357. The number of nitriles is 1. The van der Waals surface area contributed by atoms with E-state index < -0.39 is 0 Å². The summed E-state index contributed by atoms with van der Waals surface area (Å²) in [7, 11) is 1.69. The Morgan fingerprint density at radius 3 is 2.50 bits per heavy atom. The topological polar surface area (TPSA) is 42.2 Å². The van der Waals surface area contributed by atoms with Gasteiger partial charge >= 0.3 is 0 Å². The molecule has 1 rings (SSSR count). The summed E-state index contributed by atoms with van der Waals surface area (Å²) >= 11 is 0. The molecule has 0 amide bonds. The van der Waals surface area contributed by atoms with Crippen molar-refractivity contribution in [2.45, 2.75) is 25.9 Å². The van der Waals surface area contributed by atoms with E-state index >= 15 is 0 Å². The largest absolute Gasteiger partial charge is 0.476 e. The minimum Gasteiger partial charge on any atom is -0.476 e. The Bertz CT molecular complexity index is 340. The summed E-state index contributed by atoms with van der Waals surface area (Å²) in [5.41, 5.74) is 1.21. The SMILES string of the molecule is CCC(C#N)Oc1ccc(CCOC)cc1. The quantitative estimate of drug-likeness (QED) is 0.738. The maximum Gasteiger partial charge on any atom is 0.184 e. The lowest BCUT2D eigenvalue weighted by Gasteiger charge is -2.10. The fourth-order valence-corrected chi connectivity index (χ4v) is 1.32. The standard InChI is InChI=1S/C13H17NO2/c1-3-12(10-14)16-13-6-4-11(5-7-13)8-9-15-2/h4-7,12H,3,8-9H2,1-2H3. The number of hydrogen-bond acceptors (Lipinski definition) is 3. The molecule has 0 bridgehead atoms. The summed E-state index contributed by atoms with van der Waals surface area (Å²) < 4.78 is 10.5. The molecule has 0 spiro atoms. The molecule has 0 saturated heterocycles. The van der Waals surface area contributed by atoms with Gasteiger partial charge in [0.25, 0.3) is 0 Å². The summed E-state index contributed by atoms with van der Waals surface area (Å²) in [4.78, 5) is 0. The van der Waals surface area contributed by atoms with E-state index in [2.05, 4.69) is 6.07 Å². The third-order valence-electron chi connectivity index (χ3n) is 2.31. The van der Waals surface area contributed by atoms with Crippen LogP contribution in [-0.2, 0) is 11.2 Å². The van der Waals surface area contributed by atoms with Crippen LogP contribution in [0.15, 0.2) is 24.3 Å². The Balaban J connectivity index is 2.54. The second kappa shape index (κ2) is 6.86. The molecule has 1 atom stereocenters. The molecule has 0 fully saturated rings. The highest BCUT2D eigenvalue weighted by Gasteiger charge is 2.05. The van der Waals surface area contributed by atoms with E-state index in [0.29, 0.717) is 6.42 Å². The van der Waals surface area contributed by atoms with Crippen LogP contribution < -0.4 is 4.74 Å². The van der Waals surface area contributed by atoms with Crippen molar-refractivity contribution < 1.29 is 9.47 Å². The van der Waals surface area contributed by atoms with Crippen LogP contribution in [0.4, 0.5) is 0 Å². The summed E-state index contributed by atoms with van der Waals surface area (Å²) in [6, 6.07) is 9.89. The van der Waals surface area contributed by atoms with E-state index in [1.165, 1.54) is 5.56 Å². The molecule has 3 heteroatoms. The number of rotatable bonds is 6. The molecule has 1 aromatic rings. The lowest BCUT2D eigenvalue weighted by Crippen LogP contribution is -2.12. The van der Waals surface area contributed by atoms with Gasteiger partial charge < -0.3 is 9.47 Å². The number of benzene rings is 1. The van der Waals surface area contributed by atoms with E-state index in [9.17, 15) is 0 Å². The zero-order valence-corrected chi connectivity index (χ0v) is 9.77. The number of ether oxygens (including phenoxy) is 2. The van der Waals surface area contributed by atoms with Crippen molar-refractivity contribution in [2.24, 2.45) is 0 Å². The van der Waals surface area contributed by atoms with Gasteiger partial charge in [0.1, 0.15) is 11.8 Å². The van der Waals surface area contributed by atoms with Crippen molar-refractivity contribution >= 4 is 0 Å². The van der Waals surface area contributed by atoms with Crippen LogP contribution in [0.5, 0.6) is 5.75 Å². The van der Waals surface area contributed by atoms with Gasteiger partial charge in [-0.3, -0.25) is 0 Å². The average molecular weight is 219 g/mol. The Morgan fingerprint density at radius 2 is 2.00 bits per heavy atom. The first kappa shape index (κ1) is 12.5. The average Bonchev–Trinajstić information content (AvgIpc) is 2.35. The van der Waals surface area contributed by atoms with Gasteiger partial charge in [0, 0.05) is 7.11 Å². The zero-order valence-electron chi connectivity index (χ0n) is 9.77. The normalized spacial score (nSPS) is 11.8. The van der Waals surface area contributed by atoms with Crippen LogP contribution in [0.1, 0.15) is 18.9 Å². The van der Waals surface area contributed by atoms with Crippen LogP contribution in [0.25, 0.3) is 0 Å². The second-order valence-electron chi connectivity index (χ2n) is 3.53. The summed E-state index contributed by atoms with van der Waals surface area (Å²) in [5, 5.41) is 8.77. The molecule has 0 aliphatic carbocycles. The Morgan fingerprint density at radius 1 is 1.31 bits per heavy atom. The van der Waals surface area contributed by atoms with Crippen LogP contribution in [0.3, 0.4) is 0 Å². The van der Waals surface area contributed by atoms with Crippen LogP contribution in [0.2, 0.25) is 0 Å². The molecule has 1 aromatic carbocycles. The molecule has 0 aliphatic rings. The number of methoxy groups -OCH3 is 1. The molecule has 0 radical (unpaired) electrons. The molecule has 0 saturated carbocycles.